The van der Waals surface area contributed by atoms with E-state index in [4.69, 9.17) is 10.8 Å². The topological polar surface area (TPSA) is 75.3 Å². The molecule has 1 fully saturated rings. The highest BCUT2D eigenvalue weighted by molar-refractivity contribution is 5.74. The molecule has 0 spiro atoms. The molecule has 0 bridgehead atoms. The largest absolute Gasteiger partial charge is 0.480 e. The molecule has 1 saturated heterocycles. The summed E-state index contributed by atoms with van der Waals surface area (Å²) in [5.74, 6) is -0.847. The monoisotopic (exact) mass is 130 g/mol. The molecule has 0 aliphatic carbocycles. The number of aliphatic carboxylic acids is 1. The molecule has 9 heavy (non-hydrogen) atoms. The first-order valence-electron chi connectivity index (χ1n) is 2.93. The van der Waals surface area contributed by atoms with Gasteiger partial charge in [-0.25, -0.2) is 0 Å². The molecule has 1 heterocycles. The Balaban J connectivity index is 2.49. The van der Waals surface area contributed by atoms with Gasteiger partial charge >= 0.3 is 5.97 Å². The minimum absolute atomic E-state index is 0.206. The van der Waals surface area contributed by atoms with Gasteiger partial charge in [0, 0.05) is 6.04 Å². The molecule has 2 atom stereocenters. The Labute approximate surface area is 53.0 Å². The fourth-order valence-electron chi connectivity index (χ4n) is 0.994. The van der Waals surface area contributed by atoms with E-state index in [1.165, 1.54) is 0 Å². The number of carbonyl (C=O) groups is 1. The number of carboxylic acids is 1. The third kappa shape index (κ3) is 1.20. The Morgan fingerprint density at radius 3 is 2.67 bits per heavy atom. The lowest BCUT2D eigenvalue weighted by molar-refractivity contribution is -0.139. The molecule has 4 heteroatoms. The van der Waals surface area contributed by atoms with Crippen LogP contribution in [0.25, 0.3) is 0 Å². The molecule has 0 aromatic carbocycles. The highest BCUT2D eigenvalue weighted by atomic mass is 16.4. The maximum absolute atomic E-state index is 10.3. The van der Waals surface area contributed by atoms with E-state index in [0.29, 0.717) is 0 Å². The van der Waals surface area contributed by atoms with Crippen LogP contribution in [0.2, 0.25) is 0 Å². The van der Waals surface area contributed by atoms with Crippen molar-refractivity contribution >= 4 is 5.97 Å². The summed E-state index contributed by atoms with van der Waals surface area (Å²) in [6, 6.07) is -0.729. The standard InChI is InChI=1S/C5H10N2O2/c6-3-1-2-7-4(3)5(8)9/h3-4,7H,1-2,6H2,(H,8,9)/t3-,4-/m0/s1. The van der Waals surface area contributed by atoms with Gasteiger partial charge in [0.25, 0.3) is 0 Å². The molecule has 52 valence electrons. The van der Waals surface area contributed by atoms with Gasteiger partial charge in [0.05, 0.1) is 0 Å². The SMILES string of the molecule is N[C@H]1CCN[C@@H]1C(=O)O. The van der Waals surface area contributed by atoms with E-state index in [0.717, 1.165) is 13.0 Å². The fourth-order valence-corrected chi connectivity index (χ4v) is 0.994. The second kappa shape index (κ2) is 2.33. The first-order chi connectivity index (χ1) is 4.22. The molecule has 1 aliphatic heterocycles. The molecule has 0 unspecified atom stereocenters. The minimum atomic E-state index is -0.847. The molecule has 1 rings (SSSR count). The highest BCUT2D eigenvalue weighted by Gasteiger charge is 2.28. The Morgan fingerprint density at radius 2 is 2.44 bits per heavy atom. The van der Waals surface area contributed by atoms with Crippen molar-refractivity contribution in [2.24, 2.45) is 5.73 Å². The van der Waals surface area contributed by atoms with E-state index in [2.05, 4.69) is 5.32 Å². The van der Waals surface area contributed by atoms with Crippen LogP contribution in [0.1, 0.15) is 6.42 Å². The van der Waals surface area contributed by atoms with Crippen molar-refractivity contribution in [3.8, 4) is 0 Å². The number of nitrogens with two attached hydrogens (primary N) is 1. The predicted octanol–water partition coefficient (Wildman–Crippen LogP) is -1.24. The third-order valence-electron chi connectivity index (χ3n) is 1.54. The molecular weight excluding hydrogens is 120 g/mol. The van der Waals surface area contributed by atoms with Crippen molar-refractivity contribution in [3.05, 3.63) is 0 Å². The number of hydrogen-bond donors (Lipinski definition) is 3. The van der Waals surface area contributed by atoms with Gasteiger partial charge in [-0.05, 0) is 13.0 Å². The van der Waals surface area contributed by atoms with E-state index in [9.17, 15) is 4.79 Å². The van der Waals surface area contributed by atoms with Gasteiger partial charge in [-0.15, -0.1) is 0 Å². The van der Waals surface area contributed by atoms with Crippen molar-refractivity contribution in [2.45, 2.75) is 18.5 Å². The third-order valence-corrected chi connectivity index (χ3v) is 1.54. The second-order valence-electron chi connectivity index (χ2n) is 2.22. The van der Waals surface area contributed by atoms with Crippen LogP contribution >= 0.6 is 0 Å². The van der Waals surface area contributed by atoms with Crippen LogP contribution in [0.3, 0.4) is 0 Å². The van der Waals surface area contributed by atoms with Crippen LogP contribution in [0, 0.1) is 0 Å². The van der Waals surface area contributed by atoms with Crippen LogP contribution in [0.4, 0.5) is 0 Å². The first kappa shape index (κ1) is 6.51. The fraction of sp³-hybridized carbons (Fsp3) is 0.800. The number of hydrogen-bond acceptors (Lipinski definition) is 3. The normalized spacial score (nSPS) is 34.8. The number of rotatable bonds is 1. The Bertz CT molecular complexity index is 126. The van der Waals surface area contributed by atoms with E-state index < -0.39 is 12.0 Å². The Hall–Kier alpha value is -0.610. The lowest BCUT2D eigenvalue weighted by Crippen LogP contribution is -2.42. The van der Waals surface area contributed by atoms with Crippen molar-refractivity contribution < 1.29 is 9.90 Å². The van der Waals surface area contributed by atoms with Gasteiger partial charge in [-0.2, -0.15) is 0 Å². The van der Waals surface area contributed by atoms with Crippen LogP contribution in [0.5, 0.6) is 0 Å². The van der Waals surface area contributed by atoms with Gasteiger partial charge in [0.1, 0.15) is 6.04 Å². The minimum Gasteiger partial charge on any atom is -0.480 e. The van der Waals surface area contributed by atoms with Crippen molar-refractivity contribution in [2.75, 3.05) is 6.54 Å². The first-order valence-corrected chi connectivity index (χ1v) is 2.93. The summed E-state index contributed by atoms with van der Waals surface area (Å²) in [5, 5.41) is 11.2. The Morgan fingerprint density at radius 1 is 1.78 bits per heavy atom. The van der Waals surface area contributed by atoms with E-state index >= 15 is 0 Å². The molecule has 0 radical (unpaired) electrons. The van der Waals surface area contributed by atoms with E-state index in [1.807, 2.05) is 0 Å². The van der Waals surface area contributed by atoms with Crippen molar-refractivity contribution in [1.29, 1.82) is 0 Å². The zero-order chi connectivity index (χ0) is 6.85. The summed E-state index contributed by atoms with van der Waals surface area (Å²) in [5.41, 5.74) is 5.44. The predicted molar refractivity (Wildman–Crippen MR) is 32.0 cm³/mol. The average molecular weight is 130 g/mol. The summed E-state index contributed by atoms with van der Waals surface area (Å²) < 4.78 is 0. The molecule has 4 nitrogen and oxygen atoms in total. The summed E-state index contributed by atoms with van der Waals surface area (Å²) in [4.78, 5) is 10.3. The van der Waals surface area contributed by atoms with Crippen LogP contribution in [-0.4, -0.2) is 29.7 Å². The van der Waals surface area contributed by atoms with Gasteiger partial charge < -0.3 is 16.2 Å². The highest BCUT2D eigenvalue weighted by Crippen LogP contribution is 2.02. The zero-order valence-corrected chi connectivity index (χ0v) is 5.00. The molecule has 0 amide bonds. The molecule has 0 aromatic heterocycles. The maximum Gasteiger partial charge on any atom is 0.322 e. The van der Waals surface area contributed by atoms with Crippen LogP contribution in [0.15, 0.2) is 0 Å². The quantitative estimate of drug-likeness (QED) is 0.415. The van der Waals surface area contributed by atoms with Crippen molar-refractivity contribution in [1.82, 2.24) is 5.32 Å². The molecular formula is C5H10N2O2. The second-order valence-corrected chi connectivity index (χ2v) is 2.22. The van der Waals surface area contributed by atoms with Gasteiger partial charge in [-0.1, -0.05) is 0 Å². The lowest BCUT2D eigenvalue weighted by atomic mass is 10.1. The van der Waals surface area contributed by atoms with Gasteiger partial charge in [0.15, 0.2) is 0 Å². The van der Waals surface area contributed by atoms with Crippen LogP contribution < -0.4 is 11.1 Å². The summed E-state index contributed by atoms with van der Waals surface area (Å²) in [7, 11) is 0. The van der Waals surface area contributed by atoms with Crippen LogP contribution in [-0.2, 0) is 4.79 Å². The number of nitrogens with one attached hydrogen (secondary N) is 1. The van der Waals surface area contributed by atoms with E-state index in [-0.39, 0.29) is 6.04 Å². The van der Waals surface area contributed by atoms with Gasteiger partial charge in [0.2, 0.25) is 0 Å². The molecule has 4 N–H and O–H groups in total. The Kier molecular flexibility index (Phi) is 1.68. The zero-order valence-electron chi connectivity index (χ0n) is 5.00. The van der Waals surface area contributed by atoms with Gasteiger partial charge in [-0.3, -0.25) is 4.79 Å². The summed E-state index contributed by atoms with van der Waals surface area (Å²) in [6.45, 7) is 0.720. The molecule has 0 aromatic rings. The number of carboxylic acid groups (broad SMARTS) is 1. The van der Waals surface area contributed by atoms with Crippen molar-refractivity contribution in [3.63, 3.8) is 0 Å². The smallest absolute Gasteiger partial charge is 0.322 e. The summed E-state index contributed by atoms with van der Waals surface area (Å²) >= 11 is 0. The summed E-state index contributed by atoms with van der Waals surface area (Å²) in [6.07, 6.45) is 0.761. The molecule has 0 saturated carbocycles. The lowest BCUT2D eigenvalue weighted by Gasteiger charge is -2.08. The molecule has 1 aliphatic rings. The average Bonchev–Trinajstić information content (AvgIpc) is 2.13. The van der Waals surface area contributed by atoms with E-state index in [1.54, 1.807) is 0 Å². The maximum atomic E-state index is 10.3.